The quantitative estimate of drug-likeness (QED) is 0.469. The van der Waals surface area contributed by atoms with Crippen LogP contribution >= 0.6 is 0 Å². The highest BCUT2D eigenvalue weighted by Gasteiger charge is 2.49. The molecule has 0 aliphatic carbocycles. The third-order valence-corrected chi connectivity index (χ3v) is 3.60. The molecular formula is C11H20O6. The summed E-state index contributed by atoms with van der Waals surface area (Å²) < 4.78 is 11.0. The Labute approximate surface area is 99.8 Å². The molecule has 0 aromatic rings. The van der Waals surface area contributed by atoms with Crippen LogP contribution in [0, 0.1) is 0 Å². The normalized spacial score (nSPS) is 51.0. The van der Waals surface area contributed by atoms with Crippen molar-refractivity contribution in [2.45, 2.75) is 62.5 Å². The molecule has 6 nitrogen and oxygen atoms in total. The van der Waals surface area contributed by atoms with Gasteiger partial charge in [-0.25, -0.2) is 0 Å². The van der Waals surface area contributed by atoms with Crippen LogP contribution in [0.25, 0.3) is 0 Å². The van der Waals surface area contributed by atoms with E-state index in [4.69, 9.17) is 14.6 Å². The fraction of sp³-hybridized carbons (Fsp3) is 1.00. The van der Waals surface area contributed by atoms with E-state index in [9.17, 15) is 15.3 Å². The smallest absolute Gasteiger partial charge is 0.113 e. The molecule has 0 saturated carbocycles. The molecule has 2 aliphatic rings. The second-order valence-corrected chi connectivity index (χ2v) is 4.73. The van der Waals surface area contributed by atoms with Gasteiger partial charge in [0.05, 0.1) is 24.9 Å². The van der Waals surface area contributed by atoms with E-state index < -0.39 is 36.6 Å². The molecule has 0 bridgehead atoms. The van der Waals surface area contributed by atoms with Crippen LogP contribution in [0.15, 0.2) is 0 Å². The molecule has 0 radical (unpaired) electrons. The number of fused-ring (bicyclic) bond motifs is 1. The highest BCUT2D eigenvalue weighted by atomic mass is 16.6. The largest absolute Gasteiger partial charge is 0.394 e. The second kappa shape index (κ2) is 5.17. The molecule has 0 aromatic heterocycles. The van der Waals surface area contributed by atoms with Crippen molar-refractivity contribution in [1.82, 2.24) is 0 Å². The van der Waals surface area contributed by atoms with Crippen LogP contribution in [0.2, 0.25) is 0 Å². The lowest BCUT2D eigenvalue weighted by atomic mass is 9.88. The van der Waals surface area contributed by atoms with Gasteiger partial charge in [0.2, 0.25) is 0 Å². The van der Waals surface area contributed by atoms with Gasteiger partial charge in [0, 0.05) is 6.42 Å². The van der Waals surface area contributed by atoms with Crippen LogP contribution in [0.5, 0.6) is 0 Å². The summed E-state index contributed by atoms with van der Waals surface area (Å²) in [5, 5.41) is 38.5. The molecule has 0 unspecified atom stereocenters. The first kappa shape index (κ1) is 13.2. The Bertz CT molecular complexity index is 260. The molecular weight excluding hydrogens is 228 g/mol. The van der Waals surface area contributed by atoms with E-state index in [-0.39, 0.29) is 12.7 Å². The van der Waals surface area contributed by atoms with Crippen molar-refractivity contribution < 1.29 is 29.9 Å². The first-order valence-corrected chi connectivity index (χ1v) is 6.04. The fourth-order valence-electron chi connectivity index (χ4n) is 2.58. The van der Waals surface area contributed by atoms with Crippen molar-refractivity contribution in [3.8, 4) is 0 Å². The van der Waals surface area contributed by atoms with Crippen LogP contribution in [-0.2, 0) is 9.47 Å². The molecule has 2 saturated heterocycles. The third kappa shape index (κ3) is 2.33. The lowest BCUT2D eigenvalue weighted by Gasteiger charge is -2.47. The first-order valence-electron chi connectivity index (χ1n) is 6.04. The summed E-state index contributed by atoms with van der Waals surface area (Å²) in [5.74, 6) is 0. The van der Waals surface area contributed by atoms with Crippen LogP contribution in [-0.4, -0.2) is 69.8 Å². The van der Waals surface area contributed by atoms with Gasteiger partial charge in [0.1, 0.15) is 24.4 Å². The number of aliphatic hydroxyl groups excluding tert-OH is 4. The zero-order valence-corrected chi connectivity index (χ0v) is 9.77. The number of rotatable bonds is 2. The second-order valence-electron chi connectivity index (χ2n) is 4.73. The number of hydrogen-bond donors (Lipinski definition) is 4. The highest BCUT2D eigenvalue weighted by Crippen LogP contribution is 2.32. The van der Waals surface area contributed by atoms with E-state index in [1.165, 1.54) is 0 Å². The predicted octanol–water partition coefficient (Wildman–Crippen LogP) is -1.60. The molecule has 7 atom stereocenters. The Balaban J connectivity index is 2.10. The summed E-state index contributed by atoms with van der Waals surface area (Å²) in [4.78, 5) is 0. The molecule has 0 aromatic carbocycles. The summed E-state index contributed by atoms with van der Waals surface area (Å²) in [6.07, 6.45) is -4.18. The van der Waals surface area contributed by atoms with Crippen LogP contribution in [0.4, 0.5) is 0 Å². The monoisotopic (exact) mass is 248 g/mol. The molecule has 17 heavy (non-hydrogen) atoms. The van der Waals surface area contributed by atoms with E-state index in [2.05, 4.69) is 0 Å². The molecule has 4 N–H and O–H groups in total. The van der Waals surface area contributed by atoms with Gasteiger partial charge in [-0.2, -0.15) is 0 Å². The van der Waals surface area contributed by atoms with E-state index in [0.29, 0.717) is 12.8 Å². The van der Waals surface area contributed by atoms with Gasteiger partial charge >= 0.3 is 0 Å². The average Bonchev–Trinajstić information content (AvgIpc) is 2.33. The van der Waals surface area contributed by atoms with Gasteiger partial charge < -0.3 is 29.9 Å². The maximum Gasteiger partial charge on any atom is 0.113 e. The minimum Gasteiger partial charge on any atom is -0.394 e. The molecule has 2 aliphatic heterocycles. The first-order chi connectivity index (χ1) is 8.08. The Kier molecular flexibility index (Phi) is 4.02. The van der Waals surface area contributed by atoms with Crippen LogP contribution in [0.1, 0.15) is 19.8 Å². The van der Waals surface area contributed by atoms with E-state index >= 15 is 0 Å². The van der Waals surface area contributed by atoms with Crippen LogP contribution in [0.3, 0.4) is 0 Å². The lowest BCUT2D eigenvalue weighted by Crippen LogP contribution is -2.63. The summed E-state index contributed by atoms with van der Waals surface area (Å²) in [6.45, 7) is 1.52. The van der Waals surface area contributed by atoms with Crippen LogP contribution < -0.4 is 0 Å². The Hall–Kier alpha value is -0.240. The highest BCUT2D eigenvalue weighted by molar-refractivity contribution is 4.97. The van der Waals surface area contributed by atoms with E-state index in [1.54, 1.807) is 0 Å². The lowest BCUT2D eigenvalue weighted by molar-refractivity contribution is -0.284. The summed E-state index contributed by atoms with van der Waals surface area (Å²) >= 11 is 0. The van der Waals surface area contributed by atoms with Crippen molar-refractivity contribution >= 4 is 0 Å². The van der Waals surface area contributed by atoms with Gasteiger partial charge in [0.25, 0.3) is 0 Å². The predicted molar refractivity (Wildman–Crippen MR) is 57.3 cm³/mol. The summed E-state index contributed by atoms with van der Waals surface area (Å²) in [6, 6.07) is 0. The maximum atomic E-state index is 9.93. The minimum atomic E-state index is -1.16. The molecule has 2 heterocycles. The third-order valence-electron chi connectivity index (χ3n) is 3.60. The van der Waals surface area contributed by atoms with Gasteiger partial charge in [-0.3, -0.25) is 0 Å². The Morgan fingerprint density at radius 3 is 2.35 bits per heavy atom. The maximum absolute atomic E-state index is 9.93. The van der Waals surface area contributed by atoms with E-state index in [1.807, 2.05) is 6.92 Å². The standard InChI is InChI=1S/C11H20O6/c1-2-6-5(13)3-7-11(17-6)10(15)9(14)8(4-12)16-7/h5-15H,2-4H2,1H3/t5-,6+,7+,8+,9+,10-,11-/m0/s1. The van der Waals surface area contributed by atoms with Crippen molar-refractivity contribution in [2.75, 3.05) is 6.61 Å². The molecule has 2 fully saturated rings. The van der Waals surface area contributed by atoms with Gasteiger partial charge in [-0.15, -0.1) is 0 Å². The number of ether oxygens (including phenoxy) is 2. The van der Waals surface area contributed by atoms with Crippen molar-refractivity contribution in [3.63, 3.8) is 0 Å². The molecule has 0 amide bonds. The van der Waals surface area contributed by atoms with Gasteiger partial charge in [-0.1, -0.05) is 6.92 Å². The van der Waals surface area contributed by atoms with E-state index in [0.717, 1.165) is 0 Å². The zero-order chi connectivity index (χ0) is 12.6. The molecule has 6 heteroatoms. The molecule has 2 rings (SSSR count). The number of hydrogen-bond acceptors (Lipinski definition) is 6. The topological polar surface area (TPSA) is 99.4 Å². The fourth-order valence-corrected chi connectivity index (χ4v) is 2.58. The number of aliphatic hydroxyl groups is 4. The van der Waals surface area contributed by atoms with Crippen molar-refractivity contribution in [1.29, 1.82) is 0 Å². The zero-order valence-electron chi connectivity index (χ0n) is 9.77. The summed E-state index contributed by atoms with van der Waals surface area (Å²) in [5.41, 5.74) is 0. The Morgan fingerprint density at radius 1 is 1.06 bits per heavy atom. The average molecular weight is 248 g/mol. The van der Waals surface area contributed by atoms with Crippen molar-refractivity contribution in [3.05, 3.63) is 0 Å². The van der Waals surface area contributed by atoms with Gasteiger partial charge in [0.15, 0.2) is 0 Å². The van der Waals surface area contributed by atoms with Crippen molar-refractivity contribution in [2.24, 2.45) is 0 Å². The van der Waals surface area contributed by atoms with Gasteiger partial charge in [-0.05, 0) is 6.42 Å². The summed E-state index contributed by atoms with van der Waals surface area (Å²) in [7, 11) is 0. The molecule has 0 spiro atoms. The SMILES string of the molecule is CC[C@H]1O[C@@H]2[C@@H](O)[C@H](O)[C@@H](CO)O[C@@H]2C[C@@H]1O. The molecule has 100 valence electrons. The minimum absolute atomic E-state index is 0.340. The Morgan fingerprint density at radius 2 is 1.76 bits per heavy atom.